The van der Waals surface area contributed by atoms with Gasteiger partial charge in [-0.15, -0.1) is 0 Å². The van der Waals surface area contributed by atoms with Gasteiger partial charge in [0.1, 0.15) is 0 Å². The first kappa shape index (κ1) is 24.8. The Bertz CT molecular complexity index is 892. The van der Waals surface area contributed by atoms with Crippen molar-refractivity contribution in [3.05, 3.63) is 77.4 Å². The molecule has 1 saturated heterocycles. The van der Waals surface area contributed by atoms with Crippen molar-refractivity contribution >= 4 is 24.0 Å². The highest BCUT2D eigenvalue weighted by molar-refractivity contribution is 6.27. The van der Waals surface area contributed by atoms with E-state index in [1.54, 1.807) is 0 Å². The smallest absolute Gasteiger partial charge is 0.414 e. The number of carboxylic acids is 2. The maximum atomic E-state index is 11.5. The number of carbonyl (C=O) groups is 3. The molecule has 0 bridgehead atoms. The molecule has 170 valence electrons. The van der Waals surface area contributed by atoms with Gasteiger partial charge in [-0.3, -0.25) is 9.80 Å². The maximum Gasteiger partial charge on any atom is 0.414 e. The number of esters is 1. The number of aliphatic carboxylic acids is 2. The molecular formula is C24H28N2O6. The summed E-state index contributed by atoms with van der Waals surface area (Å²) in [7, 11) is 1.41. The zero-order valence-electron chi connectivity index (χ0n) is 18.0. The zero-order chi connectivity index (χ0) is 23.3. The van der Waals surface area contributed by atoms with Gasteiger partial charge < -0.3 is 14.9 Å². The molecule has 1 fully saturated rings. The number of carboxylic acid groups (broad SMARTS) is 2. The molecule has 3 rings (SSSR count). The number of hydrogen-bond acceptors (Lipinski definition) is 6. The molecule has 0 radical (unpaired) electrons. The van der Waals surface area contributed by atoms with Crippen LogP contribution in [0.4, 0.5) is 0 Å². The van der Waals surface area contributed by atoms with E-state index in [0.29, 0.717) is 5.56 Å². The fraction of sp³-hybridized carbons (Fsp3) is 0.292. The molecule has 2 aromatic rings. The fourth-order valence-electron chi connectivity index (χ4n) is 3.15. The van der Waals surface area contributed by atoms with Crippen molar-refractivity contribution in [3.8, 4) is 0 Å². The summed E-state index contributed by atoms with van der Waals surface area (Å²) < 4.78 is 4.74. The van der Waals surface area contributed by atoms with Crippen LogP contribution in [-0.2, 0) is 20.9 Å². The molecule has 0 amide bonds. The first-order chi connectivity index (χ1) is 15.4. The van der Waals surface area contributed by atoms with Crippen LogP contribution in [0.3, 0.4) is 0 Å². The van der Waals surface area contributed by atoms with Gasteiger partial charge in [-0.25, -0.2) is 14.4 Å². The van der Waals surface area contributed by atoms with E-state index in [4.69, 9.17) is 24.5 Å². The van der Waals surface area contributed by atoms with Gasteiger partial charge in [0.05, 0.1) is 12.7 Å². The summed E-state index contributed by atoms with van der Waals surface area (Å²) in [6.07, 6.45) is 4.44. The molecule has 1 aliphatic rings. The minimum atomic E-state index is -1.82. The monoisotopic (exact) mass is 440 g/mol. The lowest BCUT2D eigenvalue weighted by atomic mass is 10.1. The zero-order valence-corrected chi connectivity index (χ0v) is 18.0. The number of hydrogen-bond donors (Lipinski definition) is 2. The van der Waals surface area contributed by atoms with Gasteiger partial charge in [0.2, 0.25) is 0 Å². The van der Waals surface area contributed by atoms with Gasteiger partial charge in [-0.05, 0) is 23.3 Å². The average Bonchev–Trinajstić information content (AvgIpc) is 2.81. The predicted octanol–water partition coefficient (Wildman–Crippen LogP) is 2.46. The Morgan fingerprint density at radius 1 is 0.875 bits per heavy atom. The first-order valence-corrected chi connectivity index (χ1v) is 10.2. The Morgan fingerprint density at radius 3 is 1.97 bits per heavy atom. The third-order valence-corrected chi connectivity index (χ3v) is 4.90. The molecule has 8 heteroatoms. The van der Waals surface area contributed by atoms with Crippen molar-refractivity contribution in [3.63, 3.8) is 0 Å². The van der Waals surface area contributed by atoms with Crippen LogP contribution in [0.15, 0.2) is 60.7 Å². The quantitative estimate of drug-likeness (QED) is 0.521. The Hall–Kier alpha value is -3.49. The highest BCUT2D eigenvalue weighted by Crippen LogP contribution is 2.11. The second-order valence-electron chi connectivity index (χ2n) is 7.19. The Labute approximate surface area is 187 Å². The summed E-state index contributed by atoms with van der Waals surface area (Å²) in [5.74, 6) is -3.93. The van der Waals surface area contributed by atoms with E-state index in [2.05, 4.69) is 46.2 Å². The van der Waals surface area contributed by atoms with Crippen LogP contribution in [0.25, 0.3) is 6.08 Å². The van der Waals surface area contributed by atoms with Crippen LogP contribution in [0.1, 0.15) is 21.5 Å². The van der Waals surface area contributed by atoms with E-state index in [9.17, 15) is 4.79 Å². The van der Waals surface area contributed by atoms with Crippen LogP contribution >= 0.6 is 0 Å². The van der Waals surface area contributed by atoms with Crippen molar-refractivity contribution in [1.82, 2.24) is 9.80 Å². The number of methoxy groups -OCH3 is 1. The number of rotatable bonds is 6. The summed E-state index contributed by atoms with van der Waals surface area (Å²) in [6, 6.07) is 18.1. The van der Waals surface area contributed by atoms with Gasteiger partial charge in [-0.2, -0.15) is 0 Å². The van der Waals surface area contributed by atoms with E-state index in [1.165, 1.54) is 18.2 Å². The predicted molar refractivity (Wildman–Crippen MR) is 120 cm³/mol. The molecule has 32 heavy (non-hydrogen) atoms. The lowest BCUT2D eigenvalue weighted by molar-refractivity contribution is -0.159. The van der Waals surface area contributed by atoms with Gasteiger partial charge in [0.15, 0.2) is 0 Å². The standard InChI is InChI=1S/C22H26N2O2.C2H2O4/c1-26-22(25)21-11-9-20(10-12-21)18-24-16-14-23(15-17-24)13-5-8-19-6-3-2-4-7-19;3-1(4)2(5)6/h2-12H,13-18H2,1H3;(H,3,4)(H,5,6). The van der Waals surface area contributed by atoms with Gasteiger partial charge in [0.25, 0.3) is 0 Å². The molecule has 0 saturated carbocycles. The van der Waals surface area contributed by atoms with Gasteiger partial charge in [-0.1, -0.05) is 54.6 Å². The summed E-state index contributed by atoms with van der Waals surface area (Å²) in [4.78, 5) is 34.6. The third-order valence-electron chi connectivity index (χ3n) is 4.90. The van der Waals surface area contributed by atoms with Gasteiger partial charge >= 0.3 is 17.9 Å². The fourth-order valence-corrected chi connectivity index (χ4v) is 3.15. The molecule has 2 N–H and O–H groups in total. The van der Waals surface area contributed by atoms with Crippen molar-refractivity contribution < 1.29 is 29.3 Å². The average molecular weight is 440 g/mol. The summed E-state index contributed by atoms with van der Waals surface area (Å²) in [5, 5.41) is 14.8. The molecule has 0 aromatic heterocycles. The molecule has 0 atom stereocenters. The van der Waals surface area contributed by atoms with Crippen LogP contribution in [0, 0.1) is 0 Å². The normalized spacial score (nSPS) is 14.4. The topological polar surface area (TPSA) is 107 Å². The molecule has 0 unspecified atom stereocenters. The molecule has 1 aliphatic heterocycles. The van der Waals surface area contributed by atoms with Crippen molar-refractivity contribution in [2.24, 2.45) is 0 Å². The largest absolute Gasteiger partial charge is 0.473 e. The summed E-state index contributed by atoms with van der Waals surface area (Å²) in [6.45, 7) is 6.22. The van der Waals surface area contributed by atoms with E-state index in [-0.39, 0.29) is 5.97 Å². The van der Waals surface area contributed by atoms with E-state index < -0.39 is 11.9 Å². The van der Waals surface area contributed by atoms with Crippen LogP contribution in [0.5, 0.6) is 0 Å². The molecule has 8 nitrogen and oxygen atoms in total. The Morgan fingerprint density at radius 2 is 1.44 bits per heavy atom. The maximum absolute atomic E-state index is 11.5. The summed E-state index contributed by atoms with van der Waals surface area (Å²) in [5.41, 5.74) is 3.09. The van der Waals surface area contributed by atoms with Crippen LogP contribution in [0.2, 0.25) is 0 Å². The second kappa shape index (κ2) is 13.0. The van der Waals surface area contributed by atoms with Crippen LogP contribution in [-0.4, -0.2) is 77.8 Å². The van der Waals surface area contributed by atoms with Crippen molar-refractivity contribution in [2.45, 2.75) is 6.54 Å². The minimum Gasteiger partial charge on any atom is -0.473 e. The second-order valence-corrected chi connectivity index (χ2v) is 7.19. The number of benzene rings is 2. The SMILES string of the molecule is COC(=O)c1ccc(CN2CCN(CC=Cc3ccccc3)CC2)cc1.O=C(O)C(=O)O. The summed E-state index contributed by atoms with van der Waals surface area (Å²) >= 11 is 0. The molecule has 1 heterocycles. The number of carbonyl (C=O) groups excluding carboxylic acids is 1. The highest BCUT2D eigenvalue weighted by Gasteiger charge is 2.16. The minimum absolute atomic E-state index is 0.284. The van der Waals surface area contributed by atoms with E-state index >= 15 is 0 Å². The lowest BCUT2D eigenvalue weighted by Gasteiger charge is -2.34. The Balaban J connectivity index is 0.000000534. The first-order valence-electron chi connectivity index (χ1n) is 10.2. The van der Waals surface area contributed by atoms with E-state index in [1.807, 2.05) is 30.3 Å². The molecular weight excluding hydrogens is 412 g/mol. The van der Waals surface area contributed by atoms with Crippen molar-refractivity contribution in [2.75, 3.05) is 39.8 Å². The highest BCUT2D eigenvalue weighted by atomic mass is 16.5. The number of ether oxygens (including phenoxy) is 1. The van der Waals surface area contributed by atoms with Crippen molar-refractivity contribution in [1.29, 1.82) is 0 Å². The van der Waals surface area contributed by atoms with E-state index in [0.717, 1.165) is 39.3 Å². The molecule has 2 aromatic carbocycles. The molecule has 0 aliphatic carbocycles. The number of piperazine rings is 1. The Kier molecular flexibility index (Phi) is 10.1. The van der Waals surface area contributed by atoms with Gasteiger partial charge in [0, 0.05) is 39.3 Å². The van der Waals surface area contributed by atoms with Crippen LogP contribution < -0.4 is 0 Å². The third kappa shape index (κ3) is 8.71. The lowest BCUT2D eigenvalue weighted by Crippen LogP contribution is -2.45. The number of nitrogens with zero attached hydrogens (tertiary/aromatic N) is 2. The molecule has 0 spiro atoms.